The Labute approximate surface area is 138 Å². The summed E-state index contributed by atoms with van der Waals surface area (Å²) in [5.74, 6) is -1.19. The lowest BCUT2D eigenvalue weighted by Crippen LogP contribution is -2.12. The third-order valence-corrected chi connectivity index (χ3v) is 4.82. The molecule has 0 saturated carbocycles. The van der Waals surface area contributed by atoms with E-state index < -0.39 is 21.4 Å². The van der Waals surface area contributed by atoms with Gasteiger partial charge in [-0.2, -0.15) is 0 Å². The number of sulfone groups is 1. The molecule has 0 saturated heterocycles. The van der Waals surface area contributed by atoms with Crippen LogP contribution in [0.3, 0.4) is 0 Å². The monoisotopic (exact) mass is 364 g/mol. The fourth-order valence-electron chi connectivity index (χ4n) is 1.60. The van der Waals surface area contributed by atoms with Crippen molar-refractivity contribution < 1.29 is 22.7 Å². The maximum atomic E-state index is 12.4. The Morgan fingerprint density at radius 1 is 1.23 bits per heavy atom. The summed E-state index contributed by atoms with van der Waals surface area (Å²) in [6.45, 7) is 3.19. The standard InChI is InChI=1S/C14H14Cl2O5S/c1-4-21-7-10(8(2)17)14(18)9-5-6-11(22(3,19)20)13(16)12(9)15/h5-7H,4H2,1-3H3. The highest BCUT2D eigenvalue weighted by molar-refractivity contribution is 7.90. The van der Waals surface area contributed by atoms with E-state index in [2.05, 4.69) is 0 Å². The third-order valence-electron chi connectivity index (χ3n) is 2.68. The summed E-state index contributed by atoms with van der Waals surface area (Å²) in [7, 11) is -3.58. The minimum atomic E-state index is -3.58. The molecule has 1 aromatic rings. The molecule has 0 radical (unpaired) electrons. The first kappa shape index (κ1) is 18.7. The van der Waals surface area contributed by atoms with Crippen LogP contribution in [0.15, 0.2) is 28.9 Å². The van der Waals surface area contributed by atoms with Gasteiger partial charge in [0.1, 0.15) is 0 Å². The second kappa shape index (κ2) is 7.26. The number of hydrogen-bond donors (Lipinski definition) is 0. The number of rotatable bonds is 6. The molecule has 0 aliphatic heterocycles. The smallest absolute Gasteiger partial charge is 0.201 e. The van der Waals surface area contributed by atoms with Gasteiger partial charge in [-0.05, 0) is 26.0 Å². The maximum absolute atomic E-state index is 12.4. The first-order chi connectivity index (χ1) is 10.1. The van der Waals surface area contributed by atoms with Gasteiger partial charge in [0.05, 0.1) is 33.4 Å². The van der Waals surface area contributed by atoms with Crippen molar-refractivity contribution >= 4 is 44.6 Å². The van der Waals surface area contributed by atoms with Gasteiger partial charge in [-0.1, -0.05) is 23.2 Å². The average Bonchev–Trinajstić information content (AvgIpc) is 2.40. The van der Waals surface area contributed by atoms with Crippen molar-refractivity contribution in [2.45, 2.75) is 18.7 Å². The molecule has 0 unspecified atom stereocenters. The number of benzene rings is 1. The van der Waals surface area contributed by atoms with E-state index in [1.807, 2.05) is 0 Å². The number of allylic oxidation sites excluding steroid dienone is 1. The Balaban J connectivity index is 3.42. The molecule has 1 aromatic carbocycles. The van der Waals surface area contributed by atoms with Crippen molar-refractivity contribution in [1.29, 1.82) is 0 Å². The molecule has 0 amide bonds. The average molecular weight is 365 g/mol. The molecule has 0 aliphatic rings. The quantitative estimate of drug-likeness (QED) is 0.255. The number of hydrogen-bond acceptors (Lipinski definition) is 5. The summed E-state index contributed by atoms with van der Waals surface area (Å²) in [6.07, 6.45) is 2.03. The van der Waals surface area contributed by atoms with Gasteiger partial charge < -0.3 is 4.74 Å². The molecule has 1 rings (SSSR count). The van der Waals surface area contributed by atoms with Crippen molar-refractivity contribution in [2.24, 2.45) is 0 Å². The van der Waals surface area contributed by atoms with Crippen LogP contribution in [0, 0.1) is 0 Å². The van der Waals surface area contributed by atoms with Crippen LogP contribution < -0.4 is 0 Å². The third kappa shape index (κ3) is 4.09. The van der Waals surface area contributed by atoms with Crippen LogP contribution in [0.4, 0.5) is 0 Å². The Morgan fingerprint density at radius 2 is 1.82 bits per heavy atom. The van der Waals surface area contributed by atoms with Gasteiger partial charge in [-0.25, -0.2) is 8.42 Å². The van der Waals surface area contributed by atoms with Crippen LogP contribution >= 0.6 is 23.2 Å². The largest absolute Gasteiger partial charge is 0.501 e. The van der Waals surface area contributed by atoms with Crippen molar-refractivity contribution in [2.75, 3.05) is 12.9 Å². The van der Waals surface area contributed by atoms with E-state index in [-0.39, 0.29) is 32.7 Å². The van der Waals surface area contributed by atoms with Crippen LogP contribution in [0.1, 0.15) is 24.2 Å². The summed E-state index contributed by atoms with van der Waals surface area (Å²) >= 11 is 11.9. The first-order valence-electron chi connectivity index (χ1n) is 6.16. The summed E-state index contributed by atoms with van der Waals surface area (Å²) in [6, 6.07) is 2.39. The number of carbonyl (C=O) groups is 2. The van der Waals surface area contributed by atoms with E-state index in [1.165, 1.54) is 19.1 Å². The normalized spacial score (nSPS) is 12.1. The Hall–Kier alpha value is -1.37. The van der Waals surface area contributed by atoms with E-state index in [4.69, 9.17) is 27.9 Å². The maximum Gasteiger partial charge on any atom is 0.201 e. The van der Waals surface area contributed by atoms with Crippen LogP contribution in [0.2, 0.25) is 10.0 Å². The molecule has 0 fully saturated rings. The van der Waals surface area contributed by atoms with Crippen LogP contribution in [-0.2, 0) is 19.4 Å². The number of ether oxygens (including phenoxy) is 1. The van der Waals surface area contributed by atoms with Gasteiger partial charge in [-0.15, -0.1) is 0 Å². The Morgan fingerprint density at radius 3 is 2.27 bits per heavy atom. The van der Waals surface area contributed by atoms with E-state index in [1.54, 1.807) is 6.92 Å². The molecule has 0 bridgehead atoms. The molecule has 0 aromatic heterocycles. The Kier molecular flexibility index (Phi) is 6.17. The topological polar surface area (TPSA) is 77.5 Å². The summed E-state index contributed by atoms with van der Waals surface area (Å²) in [5, 5.41) is -0.479. The molecule has 5 nitrogen and oxygen atoms in total. The molecule has 0 aliphatic carbocycles. The Bertz CT molecular complexity index is 751. The summed E-state index contributed by atoms with van der Waals surface area (Å²) < 4.78 is 28.1. The first-order valence-corrected chi connectivity index (χ1v) is 8.81. The fourth-order valence-corrected chi connectivity index (χ4v) is 3.24. The van der Waals surface area contributed by atoms with Gasteiger partial charge in [0.15, 0.2) is 15.6 Å². The number of Topliss-reactive ketones (excluding diaryl/α,β-unsaturated/α-hetero) is 2. The minimum absolute atomic E-state index is 0.0692. The van der Waals surface area contributed by atoms with Gasteiger partial charge in [0.2, 0.25) is 5.78 Å². The van der Waals surface area contributed by atoms with E-state index in [0.29, 0.717) is 0 Å². The molecule has 0 N–H and O–H groups in total. The highest BCUT2D eigenvalue weighted by Crippen LogP contribution is 2.33. The summed E-state index contributed by atoms with van der Waals surface area (Å²) in [5.41, 5.74) is -0.271. The van der Waals surface area contributed by atoms with Crippen molar-refractivity contribution in [1.82, 2.24) is 0 Å². The van der Waals surface area contributed by atoms with Crippen molar-refractivity contribution in [3.05, 3.63) is 39.6 Å². The number of carbonyl (C=O) groups excluding carboxylic acids is 2. The van der Waals surface area contributed by atoms with Crippen LogP contribution in [0.25, 0.3) is 0 Å². The lowest BCUT2D eigenvalue weighted by Gasteiger charge is -2.09. The second-order valence-corrected chi connectivity index (χ2v) is 7.12. The molecule has 0 atom stereocenters. The van der Waals surface area contributed by atoms with Crippen LogP contribution in [0.5, 0.6) is 0 Å². The molecule has 8 heteroatoms. The van der Waals surface area contributed by atoms with E-state index >= 15 is 0 Å². The number of ketones is 2. The van der Waals surface area contributed by atoms with E-state index in [0.717, 1.165) is 12.5 Å². The van der Waals surface area contributed by atoms with E-state index in [9.17, 15) is 18.0 Å². The summed E-state index contributed by atoms with van der Waals surface area (Å²) in [4.78, 5) is 23.7. The molecular weight excluding hydrogens is 351 g/mol. The second-order valence-electron chi connectivity index (χ2n) is 4.38. The van der Waals surface area contributed by atoms with Gasteiger partial charge in [-0.3, -0.25) is 9.59 Å². The highest BCUT2D eigenvalue weighted by atomic mass is 35.5. The van der Waals surface area contributed by atoms with Gasteiger partial charge in [0.25, 0.3) is 0 Å². The van der Waals surface area contributed by atoms with Gasteiger partial charge in [0, 0.05) is 11.8 Å². The lowest BCUT2D eigenvalue weighted by molar-refractivity contribution is -0.113. The molecule has 0 spiro atoms. The zero-order chi connectivity index (χ0) is 17.1. The molecular formula is C14H14Cl2O5S. The van der Waals surface area contributed by atoms with Gasteiger partial charge >= 0.3 is 0 Å². The number of halogens is 2. The zero-order valence-corrected chi connectivity index (χ0v) is 14.5. The highest BCUT2D eigenvalue weighted by Gasteiger charge is 2.24. The van der Waals surface area contributed by atoms with Crippen molar-refractivity contribution in [3.8, 4) is 0 Å². The zero-order valence-electron chi connectivity index (χ0n) is 12.1. The predicted molar refractivity (Wildman–Crippen MR) is 84.3 cm³/mol. The fraction of sp³-hybridized carbons (Fsp3) is 0.286. The molecule has 0 heterocycles. The minimum Gasteiger partial charge on any atom is -0.501 e. The molecule has 22 heavy (non-hydrogen) atoms. The SMILES string of the molecule is CCOC=C(C(C)=O)C(=O)c1ccc(S(C)(=O)=O)c(Cl)c1Cl. The lowest BCUT2D eigenvalue weighted by atomic mass is 10.0. The molecule has 120 valence electrons. The van der Waals surface area contributed by atoms with Crippen LogP contribution in [-0.4, -0.2) is 32.8 Å². The predicted octanol–water partition coefficient (Wildman–Crippen LogP) is 3.09. The van der Waals surface area contributed by atoms with Crippen molar-refractivity contribution in [3.63, 3.8) is 0 Å².